The number of aliphatic hydroxyl groups is 1. The summed E-state index contributed by atoms with van der Waals surface area (Å²) in [4.78, 5) is 0. The van der Waals surface area contributed by atoms with E-state index in [1.165, 1.54) is 5.56 Å². The maximum Gasteiger partial charge on any atom is 0.0609 e. The van der Waals surface area contributed by atoms with Crippen LogP contribution in [0.1, 0.15) is 25.3 Å². The van der Waals surface area contributed by atoms with Gasteiger partial charge in [0.25, 0.3) is 0 Å². The zero-order valence-electron chi connectivity index (χ0n) is 7.49. The van der Waals surface area contributed by atoms with E-state index in [4.69, 9.17) is 0 Å². The minimum absolute atomic E-state index is 0.0360. The molecule has 3 heteroatoms. The van der Waals surface area contributed by atoms with Gasteiger partial charge in [0.1, 0.15) is 0 Å². The third-order valence-corrected chi connectivity index (χ3v) is 2.87. The second-order valence-electron chi connectivity index (χ2n) is 3.73. The summed E-state index contributed by atoms with van der Waals surface area (Å²) in [6.45, 7) is 1.86. The number of aliphatic hydroxyl groups excluding tert-OH is 1. The summed E-state index contributed by atoms with van der Waals surface area (Å²) >= 11 is 0. The molecule has 1 heterocycles. The minimum atomic E-state index is -0.248. The molecule has 1 aliphatic rings. The molecular weight excluding hydrogens is 152 g/mol. The quantitative estimate of drug-likeness (QED) is 0.706. The van der Waals surface area contributed by atoms with E-state index < -0.39 is 0 Å². The first kappa shape index (κ1) is 7.80. The third-order valence-electron chi connectivity index (χ3n) is 2.87. The molecule has 2 rings (SSSR count). The molecule has 1 aromatic rings. The van der Waals surface area contributed by atoms with Gasteiger partial charge in [-0.15, -0.1) is 0 Å². The van der Waals surface area contributed by atoms with Gasteiger partial charge in [-0.1, -0.05) is 0 Å². The highest BCUT2D eigenvalue weighted by Crippen LogP contribution is 2.50. The Morgan fingerprint density at radius 2 is 2.33 bits per heavy atom. The number of hydrogen-bond donors (Lipinski definition) is 1. The van der Waals surface area contributed by atoms with Gasteiger partial charge >= 0.3 is 0 Å². The molecule has 1 atom stereocenters. The second kappa shape index (κ2) is 2.33. The fourth-order valence-electron chi connectivity index (χ4n) is 1.76. The van der Waals surface area contributed by atoms with Crippen molar-refractivity contribution in [2.75, 3.05) is 0 Å². The lowest BCUT2D eigenvalue weighted by Crippen LogP contribution is -2.21. The molecular formula is C9H14N2O. The summed E-state index contributed by atoms with van der Waals surface area (Å²) < 4.78 is 1.79. The Bertz CT molecular complexity index is 286. The van der Waals surface area contributed by atoms with Crippen LogP contribution in [-0.2, 0) is 12.5 Å². The highest BCUT2D eigenvalue weighted by molar-refractivity contribution is 5.28. The summed E-state index contributed by atoms with van der Waals surface area (Å²) in [6, 6.07) is 0. The Morgan fingerprint density at radius 3 is 2.67 bits per heavy atom. The average molecular weight is 166 g/mol. The molecule has 12 heavy (non-hydrogen) atoms. The van der Waals surface area contributed by atoms with Crippen LogP contribution in [0.25, 0.3) is 0 Å². The maximum absolute atomic E-state index is 9.57. The Balaban J connectivity index is 2.30. The van der Waals surface area contributed by atoms with Crippen LogP contribution >= 0.6 is 0 Å². The van der Waals surface area contributed by atoms with E-state index >= 15 is 0 Å². The molecule has 0 amide bonds. The largest absolute Gasteiger partial charge is 0.392 e. The first-order valence-corrected chi connectivity index (χ1v) is 4.32. The number of aromatic nitrogens is 2. The molecule has 1 aliphatic carbocycles. The first-order valence-electron chi connectivity index (χ1n) is 4.32. The van der Waals surface area contributed by atoms with Crippen molar-refractivity contribution in [2.24, 2.45) is 7.05 Å². The van der Waals surface area contributed by atoms with Crippen molar-refractivity contribution in [1.29, 1.82) is 0 Å². The van der Waals surface area contributed by atoms with E-state index in [1.807, 2.05) is 26.4 Å². The Labute approximate surface area is 72.0 Å². The Hall–Kier alpha value is -0.830. The van der Waals surface area contributed by atoms with Gasteiger partial charge < -0.3 is 5.11 Å². The predicted octanol–water partition coefficient (Wildman–Crippen LogP) is 0.833. The lowest BCUT2D eigenvalue weighted by Gasteiger charge is -2.15. The van der Waals surface area contributed by atoms with Crippen LogP contribution in [0.3, 0.4) is 0 Å². The molecule has 0 aromatic carbocycles. The highest BCUT2D eigenvalue weighted by Gasteiger charge is 2.49. The van der Waals surface area contributed by atoms with Gasteiger partial charge in [0.05, 0.1) is 12.3 Å². The van der Waals surface area contributed by atoms with E-state index in [0.717, 1.165) is 12.8 Å². The van der Waals surface area contributed by atoms with Crippen LogP contribution < -0.4 is 0 Å². The lowest BCUT2D eigenvalue weighted by atomic mass is 9.94. The maximum atomic E-state index is 9.57. The molecule has 1 N–H and O–H groups in total. The number of rotatable bonds is 2. The normalized spacial score (nSPS) is 22.2. The van der Waals surface area contributed by atoms with Gasteiger partial charge in [0, 0.05) is 18.7 Å². The molecule has 1 fully saturated rings. The SMILES string of the molecule is CC(O)C1(c2cnn(C)c2)CC1. The van der Waals surface area contributed by atoms with E-state index in [9.17, 15) is 5.11 Å². The predicted molar refractivity (Wildman–Crippen MR) is 45.8 cm³/mol. The molecule has 0 radical (unpaired) electrons. The van der Waals surface area contributed by atoms with Crippen LogP contribution in [0, 0.1) is 0 Å². The number of aryl methyl sites for hydroxylation is 1. The van der Waals surface area contributed by atoms with E-state index in [1.54, 1.807) is 4.68 Å². The fraction of sp³-hybridized carbons (Fsp3) is 0.667. The monoisotopic (exact) mass is 166 g/mol. The molecule has 1 unspecified atom stereocenters. The van der Waals surface area contributed by atoms with Crippen molar-refractivity contribution >= 4 is 0 Å². The zero-order chi connectivity index (χ0) is 8.77. The van der Waals surface area contributed by atoms with Crippen LogP contribution in [0.5, 0.6) is 0 Å². The van der Waals surface area contributed by atoms with Gasteiger partial charge in [-0.3, -0.25) is 4.68 Å². The zero-order valence-corrected chi connectivity index (χ0v) is 7.49. The van der Waals surface area contributed by atoms with Crippen molar-refractivity contribution in [3.05, 3.63) is 18.0 Å². The lowest BCUT2D eigenvalue weighted by molar-refractivity contribution is 0.150. The Morgan fingerprint density at radius 1 is 1.67 bits per heavy atom. The summed E-state index contributed by atoms with van der Waals surface area (Å²) in [5.74, 6) is 0. The molecule has 0 bridgehead atoms. The molecule has 0 aliphatic heterocycles. The van der Waals surface area contributed by atoms with Crippen LogP contribution in [0.15, 0.2) is 12.4 Å². The summed E-state index contributed by atoms with van der Waals surface area (Å²) in [6.07, 6.45) is 5.80. The molecule has 3 nitrogen and oxygen atoms in total. The third kappa shape index (κ3) is 0.966. The van der Waals surface area contributed by atoms with Gasteiger partial charge in [-0.2, -0.15) is 5.10 Å². The van der Waals surface area contributed by atoms with Gasteiger partial charge in [-0.05, 0) is 25.3 Å². The fourth-order valence-corrected chi connectivity index (χ4v) is 1.76. The summed E-state index contributed by atoms with van der Waals surface area (Å²) in [5.41, 5.74) is 1.22. The van der Waals surface area contributed by atoms with E-state index in [0.29, 0.717) is 0 Å². The molecule has 1 saturated carbocycles. The van der Waals surface area contributed by atoms with Crippen molar-refractivity contribution < 1.29 is 5.11 Å². The smallest absolute Gasteiger partial charge is 0.0609 e. The number of hydrogen-bond acceptors (Lipinski definition) is 2. The number of nitrogens with zero attached hydrogens (tertiary/aromatic N) is 2. The molecule has 0 saturated heterocycles. The van der Waals surface area contributed by atoms with Crippen molar-refractivity contribution in [3.8, 4) is 0 Å². The standard InChI is InChI=1S/C9H14N2O/c1-7(12)9(3-4-9)8-5-10-11(2)6-8/h5-7,12H,3-4H2,1-2H3. The van der Waals surface area contributed by atoms with E-state index in [-0.39, 0.29) is 11.5 Å². The van der Waals surface area contributed by atoms with E-state index in [2.05, 4.69) is 5.10 Å². The first-order chi connectivity index (χ1) is 5.65. The van der Waals surface area contributed by atoms with Gasteiger partial charge in [-0.25, -0.2) is 0 Å². The average Bonchev–Trinajstić information content (AvgIpc) is 2.71. The summed E-state index contributed by atoms with van der Waals surface area (Å²) in [7, 11) is 1.90. The minimum Gasteiger partial charge on any atom is -0.392 e. The highest BCUT2D eigenvalue weighted by atomic mass is 16.3. The summed E-state index contributed by atoms with van der Waals surface area (Å²) in [5, 5.41) is 13.7. The molecule has 1 aromatic heterocycles. The van der Waals surface area contributed by atoms with Crippen LogP contribution in [0.2, 0.25) is 0 Å². The van der Waals surface area contributed by atoms with Gasteiger partial charge in [0.15, 0.2) is 0 Å². The topological polar surface area (TPSA) is 38.1 Å². The van der Waals surface area contributed by atoms with Crippen LogP contribution in [-0.4, -0.2) is 21.0 Å². The Kier molecular flexibility index (Phi) is 1.51. The molecule has 0 spiro atoms. The van der Waals surface area contributed by atoms with Crippen LogP contribution in [0.4, 0.5) is 0 Å². The van der Waals surface area contributed by atoms with Crippen molar-refractivity contribution in [2.45, 2.75) is 31.3 Å². The van der Waals surface area contributed by atoms with Gasteiger partial charge in [0.2, 0.25) is 0 Å². The second-order valence-corrected chi connectivity index (χ2v) is 3.73. The van der Waals surface area contributed by atoms with Crippen molar-refractivity contribution in [1.82, 2.24) is 9.78 Å². The molecule has 66 valence electrons. The van der Waals surface area contributed by atoms with Crippen molar-refractivity contribution in [3.63, 3.8) is 0 Å².